The first-order chi connectivity index (χ1) is 14.2. The number of nitrogen functional groups attached to an aromatic ring is 1. The van der Waals surface area contributed by atoms with Crippen LogP contribution in [0.2, 0.25) is 0 Å². The largest absolute Gasteiger partial charge is 0.429 e. The highest BCUT2D eigenvalue weighted by Gasteiger charge is 2.58. The van der Waals surface area contributed by atoms with E-state index in [0.717, 1.165) is 26.3 Å². The lowest BCUT2D eigenvalue weighted by molar-refractivity contribution is -0.158. The second kappa shape index (κ2) is 6.88. The third kappa shape index (κ3) is 3.43. The number of rotatable bonds is 6. The van der Waals surface area contributed by atoms with E-state index >= 15 is 0 Å². The van der Waals surface area contributed by atoms with Crippen LogP contribution in [0.15, 0.2) is 18.3 Å². The molecule has 1 aliphatic carbocycles. The van der Waals surface area contributed by atoms with Crippen molar-refractivity contribution in [1.29, 1.82) is 0 Å². The molecule has 2 aromatic heterocycles. The zero-order valence-corrected chi connectivity index (χ0v) is 17.4. The number of nitrogens with two attached hydrogens (primary N) is 1. The van der Waals surface area contributed by atoms with Crippen LogP contribution in [0.4, 0.5) is 14.6 Å². The summed E-state index contributed by atoms with van der Waals surface area (Å²) in [7, 11) is 0. The van der Waals surface area contributed by atoms with Crippen LogP contribution >= 0.6 is 0 Å². The van der Waals surface area contributed by atoms with Gasteiger partial charge in [0.15, 0.2) is 11.6 Å². The summed E-state index contributed by atoms with van der Waals surface area (Å²) in [6, 6.07) is 4.34. The van der Waals surface area contributed by atoms with Gasteiger partial charge < -0.3 is 15.2 Å². The van der Waals surface area contributed by atoms with Gasteiger partial charge in [0.25, 0.3) is 0 Å². The lowest BCUT2D eigenvalue weighted by atomic mass is 10.1. The maximum atomic E-state index is 13.3. The highest BCUT2D eigenvalue weighted by molar-refractivity contribution is 5.64. The molecule has 2 aliphatic heterocycles. The number of hydrogen-bond acceptors (Lipinski definition) is 6. The number of pyridine rings is 1. The molecule has 30 heavy (non-hydrogen) atoms. The molecule has 162 valence electrons. The topological polar surface area (TPSA) is 78.4 Å². The Balaban J connectivity index is 1.40. The van der Waals surface area contributed by atoms with Gasteiger partial charge in [-0.15, -0.1) is 0 Å². The van der Waals surface area contributed by atoms with Crippen LogP contribution in [0.3, 0.4) is 0 Å². The molecule has 2 atom stereocenters. The molecule has 3 aliphatic rings. The molecule has 2 N–H and O–H groups in total. The van der Waals surface area contributed by atoms with E-state index < -0.39 is 6.11 Å². The smallest absolute Gasteiger partial charge is 0.395 e. The normalized spacial score (nSPS) is 26.7. The van der Waals surface area contributed by atoms with Crippen LogP contribution in [-0.2, 0) is 4.74 Å². The first kappa shape index (κ1) is 19.7. The van der Waals surface area contributed by atoms with Gasteiger partial charge in [-0.3, -0.25) is 9.58 Å². The fraction of sp³-hybridized carbons (Fsp3) is 0.619. The van der Waals surface area contributed by atoms with Gasteiger partial charge in [0.05, 0.1) is 24.9 Å². The van der Waals surface area contributed by atoms with Gasteiger partial charge in [0.2, 0.25) is 0 Å². The van der Waals surface area contributed by atoms with E-state index in [9.17, 15) is 8.78 Å². The summed E-state index contributed by atoms with van der Waals surface area (Å²) in [6.45, 7) is 8.79. The Labute approximate surface area is 174 Å². The summed E-state index contributed by atoms with van der Waals surface area (Å²) in [5, 5.41) is 4.78. The summed E-state index contributed by atoms with van der Waals surface area (Å²) in [5.41, 5.74) is 8.24. The number of anilines is 1. The lowest BCUT2D eigenvalue weighted by Crippen LogP contribution is -2.48. The molecular formula is C21H27F2N5O2. The summed E-state index contributed by atoms with van der Waals surface area (Å²) in [4.78, 5) is 6.58. The van der Waals surface area contributed by atoms with E-state index in [2.05, 4.69) is 39.2 Å². The van der Waals surface area contributed by atoms with Crippen molar-refractivity contribution in [3.8, 4) is 17.0 Å². The Bertz CT molecular complexity index is 941. The molecule has 2 unspecified atom stereocenters. The minimum absolute atomic E-state index is 0.0689. The van der Waals surface area contributed by atoms with Gasteiger partial charge in [-0.1, -0.05) is 0 Å². The quantitative estimate of drug-likeness (QED) is 0.775. The van der Waals surface area contributed by atoms with Crippen LogP contribution in [0.25, 0.3) is 11.3 Å². The maximum Gasteiger partial charge on any atom is 0.395 e. The Morgan fingerprint density at radius 3 is 2.50 bits per heavy atom. The third-order valence-electron chi connectivity index (χ3n) is 6.42. The van der Waals surface area contributed by atoms with Crippen molar-refractivity contribution >= 4 is 5.82 Å². The van der Waals surface area contributed by atoms with Gasteiger partial charge in [0.1, 0.15) is 0 Å². The Kier molecular flexibility index (Phi) is 4.52. The minimum atomic E-state index is -3.33. The number of piperidine rings is 1. The Morgan fingerprint density at radius 2 is 1.93 bits per heavy atom. The second-order valence-electron chi connectivity index (χ2n) is 9.01. The average molecular weight is 419 g/mol. The molecule has 5 rings (SSSR count). The number of halogens is 2. The molecule has 9 heteroatoms. The van der Waals surface area contributed by atoms with E-state index in [0.29, 0.717) is 42.0 Å². The third-order valence-corrected chi connectivity index (χ3v) is 6.42. The summed E-state index contributed by atoms with van der Waals surface area (Å²) >= 11 is 0. The first-order valence-electron chi connectivity index (χ1n) is 10.4. The molecule has 0 radical (unpaired) electrons. The van der Waals surface area contributed by atoms with Crippen molar-refractivity contribution in [2.24, 2.45) is 11.8 Å². The van der Waals surface area contributed by atoms with E-state index in [1.165, 1.54) is 11.8 Å². The number of alkyl halides is 2. The number of ether oxygens (including phenoxy) is 2. The monoisotopic (exact) mass is 419 g/mol. The summed E-state index contributed by atoms with van der Waals surface area (Å²) in [5.74, 6) is 1.58. The molecule has 2 saturated heterocycles. The second-order valence-corrected chi connectivity index (χ2v) is 9.01. The molecule has 3 fully saturated rings. The average Bonchev–Trinajstić information content (AvgIpc) is 2.97. The predicted octanol–water partition coefficient (Wildman–Crippen LogP) is 3.14. The van der Waals surface area contributed by atoms with Crippen molar-refractivity contribution in [3.63, 3.8) is 0 Å². The fourth-order valence-corrected chi connectivity index (χ4v) is 4.81. The standard InChI is InChI=1S/C21H27F2N5O2/c1-11(2)28-17(19-14-7-27(8-15(14)19)13-9-29-10-13)5-16(26-28)12-4-18(20(24)25-6-12)30-21(3,22)23/h4-6,11,13-15,19H,7-10H2,1-3H3,(H2,24,25). The molecule has 0 amide bonds. The Morgan fingerprint density at radius 1 is 1.23 bits per heavy atom. The van der Waals surface area contributed by atoms with E-state index in [-0.39, 0.29) is 17.6 Å². The number of aromatic nitrogens is 3. The van der Waals surface area contributed by atoms with Gasteiger partial charge in [-0.25, -0.2) is 4.98 Å². The summed E-state index contributed by atoms with van der Waals surface area (Å²) < 4.78 is 38.7. The van der Waals surface area contributed by atoms with Gasteiger partial charge in [0, 0.05) is 49.4 Å². The molecular weight excluding hydrogens is 392 g/mol. The van der Waals surface area contributed by atoms with Gasteiger partial charge in [-0.2, -0.15) is 13.9 Å². The van der Waals surface area contributed by atoms with Gasteiger partial charge in [-0.05, 0) is 37.8 Å². The predicted molar refractivity (Wildman–Crippen MR) is 107 cm³/mol. The minimum Gasteiger partial charge on any atom is -0.429 e. The Hall–Kier alpha value is -2.26. The van der Waals surface area contributed by atoms with Crippen molar-refractivity contribution in [3.05, 3.63) is 24.0 Å². The van der Waals surface area contributed by atoms with Crippen molar-refractivity contribution < 1.29 is 18.3 Å². The molecule has 0 aromatic carbocycles. The molecule has 1 saturated carbocycles. The number of hydrogen-bond donors (Lipinski definition) is 1. The van der Waals surface area contributed by atoms with E-state index in [4.69, 9.17) is 15.6 Å². The highest BCUT2D eigenvalue weighted by atomic mass is 19.3. The van der Waals surface area contributed by atoms with Crippen molar-refractivity contribution in [1.82, 2.24) is 19.7 Å². The zero-order chi connectivity index (χ0) is 21.2. The highest BCUT2D eigenvalue weighted by Crippen LogP contribution is 2.59. The number of likely N-dealkylation sites (tertiary alicyclic amines) is 1. The molecule has 7 nitrogen and oxygen atoms in total. The molecule has 4 heterocycles. The number of fused-ring (bicyclic) bond motifs is 1. The lowest BCUT2D eigenvalue weighted by Gasteiger charge is -2.35. The van der Waals surface area contributed by atoms with Crippen LogP contribution < -0.4 is 10.5 Å². The summed E-state index contributed by atoms with van der Waals surface area (Å²) in [6.07, 6.45) is -1.78. The van der Waals surface area contributed by atoms with Crippen LogP contribution in [-0.4, -0.2) is 58.1 Å². The zero-order valence-electron chi connectivity index (χ0n) is 17.4. The van der Waals surface area contributed by atoms with E-state index in [1.807, 2.05) is 0 Å². The SMILES string of the molecule is CC(C)n1nc(-c2cnc(N)c(OC(C)(F)F)c2)cc1C1C2CN(C3COC3)CC21. The van der Waals surface area contributed by atoms with Crippen molar-refractivity contribution in [2.75, 3.05) is 32.0 Å². The first-order valence-corrected chi connectivity index (χ1v) is 10.4. The van der Waals surface area contributed by atoms with Crippen LogP contribution in [0.1, 0.15) is 38.4 Å². The molecule has 0 spiro atoms. The number of nitrogens with zero attached hydrogens (tertiary/aromatic N) is 4. The molecule has 0 bridgehead atoms. The van der Waals surface area contributed by atoms with Crippen LogP contribution in [0.5, 0.6) is 5.75 Å². The maximum absolute atomic E-state index is 13.3. The fourth-order valence-electron chi connectivity index (χ4n) is 4.81. The van der Waals surface area contributed by atoms with E-state index in [1.54, 1.807) is 6.20 Å². The van der Waals surface area contributed by atoms with Crippen molar-refractivity contribution in [2.45, 2.75) is 44.9 Å². The van der Waals surface area contributed by atoms with Crippen LogP contribution in [0, 0.1) is 11.8 Å². The molecule has 2 aromatic rings. The van der Waals surface area contributed by atoms with Gasteiger partial charge >= 0.3 is 6.11 Å².